The van der Waals surface area contributed by atoms with Gasteiger partial charge in [0.25, 0.3) is 0 Å². The van der Waals surface area contributed by atoms with Gasteiger partial charge >= 0.3 is 0 Å². The van der Waals surface area contributed by atoms with Crippen LogP contribution in [-0.2, 0) is 4.79 Å². The normalized spacial score (nSPS) is 12.1. The number of thioether (sulfide) groups is 1. The minimum absolute atomic E-state index is 0.0601. The predicted octanol–water partition coefficient (Wildman–Crippen LogP) is 3.37. The lowest BCUT2D eigenvalue weighted by atomic mass is 10.1. The number of hydrogen-bond acceptors (Lipinski definition) is 4. The first kappa shape index (κ1) is 18.5. The van der Waals surface area contributed by atoms with Crippen molar-refractivity contribution in [1.29, 1.82) is 0 Å². The van der Waals surface area contributed by atoms with Gasteiger partial charge in [0.1, 0.15) is 0 Å². The highest BCUT2D eigenvalue weighted by Gasteiger charge is 2.18. The van der Waals surface area contributed by atoms with Crippen molar-refractivity contribution in [3.05, 3.63) is 60.4 Å². The Labute approximate surface area is 148 Å². The number of rotatable bonds is 9. The molecule has 5 heteroatoms. The summed E-state index contributed by atoms with van der Waals surface area (Å²) in [6.45, 7) is 6.85. The summed E-state index contributed by atoms with van der Waals surface area (Å²) in [6.07, 6.45) is 3.48. The van der Waals surface area contributed by atoms with Gasteiger partial charge < -0.3 is 5.32 Å². The van der Waals surface area contributed by atoms with E-state index >= 15 is 0 Å². The Morgan fingerprint density at radius 2 is 1.79 bits per heavy atom. The second-order valence-corrected chi connectivity index (χ2v) is 6.47. The van der Waals surface area contributed by atoms with Crippen molar-refractivity contribution in [2.24, 2.45) is 0 Å². The van der Waals surface area contributed by atoms with Crippen molar-refractivity contribution in [3.8, 4) is 0 Å². The van der Waals surface area contributed by atoms with Crippen LogP contribution in [0.25, 0.3) is 0 Å². The first-order chi connectivity index (χ1) is 11.7. The van der Waals surface area contributed by atoms with Crippen molar-refractivity contribution in [2.75, 3.05) is 25.4 Å². The average molecular weight is 343 g/mol. The van der Waals surface area contributed by atoms with Crippen LogP contribution < -0.4 is 5.32 Å². The molecule has 0 fully saturated rings. The van der Waals surface area contributed by atoms with Gasteiger partial charge in [-0.25, -0.2) is 0 Å². The van der Waals surface area contributed by atoms with Crippen molar-refractivity contribution in [1.82, 2.24) is 15.2 Å². The molecule has 0 spiro atoms. The fourth-order valence-electron chi connectivity index (χ4n) is 2.64. The Hall–Kier alpha value is -1.85. The lowest BCUT2D eigenvalue weighted by Crippen LogP contribution is -2.38. The topological polar surface area (TPSA) is 45.2 Å². The summed E-state index contributed by atoms with van der Waals surface area (Å²) in [7, 11) is 0. The van der Waals surface area contributed by atoms with Gasteiger partial charge in [0.2, 0.25) is 5.91 Å². The lowest BCUT2D eigenvalue weighted by molar-refractivity contribution is -0.118. The second kappa shape index (κ2) is 10.1. The predicted molar refractivity (Wildman–Crippen MR) is 100 cm³/mol. The molecular formula is C19H25N3OS. The third kappa shape index (κ3) is 5.65. The number of carbonyl (C=O) groups excluding carboxylic acids is 1. The van der Waals surface area contributed by atoms with E-state index in [1.165, 1.54) is 17.3 Å². The molecule has 0 radical (unpaired) electrons. The highest BCUT2D eigenvalue weighted by Crippen LogP contribution is 2.20. The SMILES string of the molecule is CCN(CC)[C@H](CNC(=O)CSc1ccncc1)c1ccccc1. The third-order valence-electron chi connectivity index (χ3n) is 3.95. The van der Waals surface area contributed by atoms with Crippen molar-refractivity contribution >= 4 is 17.7 Å². The minimum atomic E-state index is 0.0601. The molecule has 0 unspecified atom stereocenters. The molecule has 2 rings (SSSR count). The Kier molecular flexibility index (Phi) is 7.79. The van der Waals surface area contributed by atoms with Crippen LogP contribution in [0.15, 0.2) is 59.8 Å². The number of nitrogens with zero attached hydrogens (tertiary/aromatic N) is 2. The molecule has 1 aromatic heterocycles. The van der Waals surface area contributed by atoms with Crippen LogP contribution in [0.4, 0.5) is 0 Å². The standard InChI is InChI=1S/C19H25N3OS/c1-3-22(4-2)18(16-8-6-5-7-9-16)14-21-19(23)15-24-17-10-12-20-13-11-17/h5-13,18H,3-4,14-15H2,1-2H3,(H,21,23)/t18-/m1/s1. The highest BCUT2D eigenvalue weighted by molar-refractivity contribution is 8.00. The largest absolute Gasteiger partial charge is 0.353 e. The van der Waals surface area contributed by atoms with E-state index in [0.29, 0.717) is 12.3 Å². The Balaban J connectivity index is 1.91. The van der Waals surface area contributed by atoms with Crippen LogP contribution in [0.5, 0.6) is 0 Å². The molecule has 1 amide bonds. The summed E-state index contributed by atoms with van der Waals surface area (Å²) < 4.78 is 0. The van der Waals surface area contributed by atoms with Gasteiger partial charge in [-0.15, -0.1) is 11.8 Å². The smallest absolute Gasteiger partial charge is 0.230 e. The number of pyridine rings is 1. The number of benzene rings is 1. The van der Waals surface area contributed by atoms with E-state index in [1.807, 2.05) is 30.3 Å². The highest BCUT2D eigenvalue weighted by atomic mass is 32.2. The summed E-state index contributed by atoms with van der Waals surface area (Å²) >= 11 is 1.53. The van der Waals surface area contributed by atoms with Crippen LogP contribution in [0.2, 0.25) is 0 Å². The second-order valence-electron chi connectivity index (χ2n) is 5.42. The maximum absolute atomic E-state index is 12.2. The fraction of sp³-hybridized carbons (Fsp3) is 0.368. The molecule has 128 valence electrons. The van der Waals surface area contributed by atoms with Gasteiger partial charge in [0.15, 0.2) is 0 Å². The molecular weight excluding hydrogens is 318 g/mol. The molecule has 1 heterocycles. The molecule has 4 nitrogen and oxygen atoms in total. The quantitative estimate of drug-likeness (QED) is 0.709. The first-order valence-corrected chi connectivity index (χ1v) is 9.31. The number of likely N-dealkylation sites (N-methyl/N-ethyl adjacent to an activating group) is 1. The van der Waals surface area contributed by atoms with Crippen LogP contribution in [0.1, 0.15) is 25.5 Å². The molecule has 0 bridgehead atoms. The van der Waals surface area contributed by atoms with E-state index < -0.39 is 0 Å². The number of hydrogen-bond donors (Lipinski definition) is 1. The third-order valence-corrected chi connectivity index (χ3v) is 4.96. The first-order valence-electron chi connectivity index (χ1n) is 8.33. The summed E-state index contributed by atoms with van der Waals surface area (Å²) in [5, 5.41) is 3.08. The molecule has 2 aromatic rings. The molecule has 0 aliphatic carbocycles. The Morgan fingerprint density at radius 3 is 2.42 bits per heavy atom. The van der Waals surface area contributed by atoms with Crippen LogP contribution in [0, 0.1) is 0 Å². The summed E-state index contributed by atoms with van der Waals surface area (Å²) in [4.78, 5) is 19.6. The number of amides is 1. The van der Waals surface area contributed by atoms with E-state index in [4.69, 9.17) is 0 Å². The van der Waals surface area contributed by atoms with E-state index in [1.54, 1.807) is 12.4 Å². The molecule has 1 atom stereocenters. The Morgan fingerprint density at radius 1 is 1.12 bits per heavy atom. The molecule has 0 aliphatic heterocycles. The van der Waals surface area contributed by atoms with Crippen LogP contribution in [-0.4, -0.2) is 41.2 Å². The zero-order valence-corrected chi connectivity index (χ0v) is 15.1. The maximum Gasteiger partial charge on any atom is 0.230 e. The van der Waals surface area contributed by atoms with Crippen molar-refractivity contribution < 1.29 is 4.79 Å². The van der Waals surface area contributed by atoms with Gasteiger partial charge in [-0.2, -0.15) is 0 Å². The number of aromatic nitrogens is 1. The van der Waals surface area contributed by atoms with E-state index in [2.05, 4.69) is 41.2 Å². The van der Waals surface area contributed by atoms with Gasteiger partial charge in [0, 0.05) is 23.8 Å². The molecule has 1 aromatic carbocycles. The van der Waals surface area contributed by atoms with E-state index in [0.717, 1.165) is 18.0 Å². The molecule has 1 N–H and O–H groups in total. The lowest BCUT2D eigenvalue weighted by Gasteiger charge is -2.30. The van der Waals surface area contributed by atoms with Crippen molar-refractivity contribution in [2.45, 2.75) is 24.8 Å². The maximum atomic E-state index is 12.2. The summed E-state index contributed by atoms with van der Waals surface area (Å²) in [6, 6.07) is 14.4. The minimum Gasteiger partial charge on any atom is -0.353 e. The van der Waals surface area contributed by atoms with E-state index in [-0.39, 0.29) is 11.9 Å². The molecule has 0 aliphatic rings. The monoisotopic (exact) mass is 343 g/mol. The summed E-state index contributed by atoms with van der Waals surface area (Å²) in [5.41, 5.74) is 1.24. The van der Waals surface area contributed by atoms with Crippen molar-refractivity contribution in [3.63, 3.8) is 0 Å². The van der Waals surface area contributed by atoms with Gasteiger partial charge in [-0.3, -0.25) is 14.7 Å². The number of nitrogens with one attached hydrogen (secondary N) is 1. The van der Waals surface area contributed by atoms with Gasteiger partial charge in [-0.05, 0) is 30.8 Å². The van der Waals surface area contributed by atoms with Crippen LogP contribution >= 0.6 is 11.8 Å². The fourth-order valence-corrected chi connectivity index (χ4v) is 3.36. The Bertz CT molecular complexity index is 603. The zero-order valence-electron chi connectivity index (χ0n) is 14.3. The van der Waals surface area contributed by atoms with Gasteiger partial charge in [0.05, 0.1) is 11.8 Å². The summed E-state index contributed by atoms with van der Waals surface area (Å²) in [5.74, 6) is 0.481. The number of carbonyl (C=O) groups is 1. The molecule has 0 saturated carbocycles. The van der Waals surface area contributed by atoms with Crippen LogP contribution in [0.3, 0.4) is 0 Å². The van der Waals surface area contributed by atoms with Gasteiger partial charge in [-0.1, -0.05) is 44.2 Å². The zero-order chi connectivity index (χ0) is 17.2. The molecule has 24 heavy (non-hydrogen) atoms. The average Bonchev–Trinajstić information content (AvgIpc) is 2.65. The van der Waals surface area contributed by atoms with E-state index in [9.17, 15) is 4.79 Å². The molecule has 0 saturated heterocycles.